The van der Waals surface area contributed by atoms with Gasteiger partial charge in [-0.2, -0.15) is 0 Å². The van der Waals surface area contributed by atoms with Crippen LogP contribution in [0.4, 0.5) is 0 Å². The highest BCUT2D eigenvalue weighted by molar-refractivity contribution is 6.15. The Morgan fingerprint density at radius 3 is 2.21 bits per heavy atom. The van der Waals surface area contributed by atoms with Gasteiger partial charge in [-0.25, -0.2) is 0 Å². The van der Waals surface area contributed by atoms with E-state index in [9.17, 15) is 4.79 Å². The summed E-state index contributed by atoms with van der Waals surface area (Å²) in [5.74, 6) is 3.34. The first-order valence-corrected chi connectivity index (χ1v) is 10.6. The highest BCUT2D eigenvalue weighted by Gasteiger charge is 2.30. The Morgan fingerprint density at radius 2 is 1.50 bits per heavy atom. The van der Waals surface area contributed by atoms with Crippen molar-refractivity contribution in [3.63, 3.8) is 0 Å². The molecule has 0 unspecified atom stereocenters. The van der Waals surface area contributed by atoms with E-state index in [1.165, 1.54) is 0 Å². The summed E-state index contributed by atoms with van der Waals surface area (Å²) in [6.07, 6.45) is 1.64. The van der Waals surface area contributed by atoms with E-state index in [1.54, 1.807) is 52.7 Å². The van der Waals surface area contributed by atoms with Crippen LogP contribution in [0.25, 0.3) is 6.08 Å². The van der Waals surface area contributed by atoms with Gasteiger partial charge in [0.2, 0.25) is 5.78 Å². The van der Waals surface area contributed by atoms with Crippen LogP contribution in [0.2, 0.25) is 0 Å². The van der Waals surface area contributed by atoms with Crippen molar-refractivity contribution < 1.29 is 33.2 Å². The molecule has 0 saturated carbocycles. The number of ketones is 1. The fourth-order valence-corrected chi connectivity index (χ4v) is 3.85. The molecule has 0 aliphatic carbocycles. The molecular formula is C27H26O7. The summed E-state index contributed by atoms with van der Waals surface area (Å²) >= 11 is 0. The number of fused-ring (bicyclic) bond motifs is 1. The number of ether oxygens (including phenoxy) is 6. The number of carbonyl (C=O) groups is 1. The number of hydrogen-bond donors (Lipinski definition) is 0. The van der Waals surface area contributed by atoms with Gasteiger partial charge in [0.15, 0.2) is 17.3 Å². The molecule has 0 N–H and O–H groups in total. The van der Waals surface area contributed by atoms with E-state index in [4.69, 9.17) is 28.4 Å². The Morgan fingerprint density at radius 1 is 0.824 bits per heavy atom. The fourth-order valence-electron chi connectivity index (χ4n) is 3.85. The van der Waals surface area contributed by atoms with Gasteiger partial charge < -0.3 is 28.4 Å². The van der Waals surface area contributed by atoms with Crippen molar-refractivity contribution in [1.82, 2.24) is 0 Å². The highest BCUT2D eigenvalue weighted by atomic mass is 16.5. The summed E-state index contributed by atoms with van der Waals surface area (Å²) in [4.78, 5) is 13.1. The van der Waals surface area contributed by atoms with Crippen molar-refractivity contribution >= 4 is 11.9 Å². The summed E-state index contributed by atoms with van der Waals surface area (Å²) in [7, 11) is 6.26. The standard InChI is InChI=1S/C27H26O7/c1-16-10-19(33-15-17-8-6-7-9-20(17)29-2)13-24-26(16)27(28)25(34-24)12-18-11-22(31-4)23(32-5)14-21(18)30-3/h6-14H,15H2,1-5H3/b25-12-. The lowest BCUT2D eigenvalue weighted by Gasteiger charge is -2.12. The van der Waals surface area contributed by atoms with Crippen molar-refractivity contribution in [3.05, 3.63) is 76.5 Å². The lowest BCUT2D eigenvalue weighted by atomic mass is 10.0. The van der Waals surface area contributed by atoms with Gasteiger partial charge in [0, 0.05) is 23.3 Å². The predicted molar refractivity (Wildman–Crippen MR) is 128 cm³/mol. The topological polar surface area (TPSA) is 72.5 Å². The molecule has 0 amide bonds. The summed E-state index contributed by atoms with van der Waals surface area (Å²) in [5.41, 5.74) is 2.82. The molecular weight excluding hydrogens is 436 g/mol. The summed E-state index contributed by atoms with van der Waals surface area (Å²) in [6, 6.07) is 14.6. The second-order valence-electron chi connectivity index (χ2n) is 7.60. The number of benzene rings is 3. The van der Waals surface area contributed by atoms with Gasteiger partial charge in [0.1, 0.15) is 29.6 Å². The van der Waals surface area contributed by atoms with E-state index in [0.717, 1.165) is 16.9 Å². The van der Waals surface area contributed by atoms with Gasteiger partial charge in [0.05, 0.1) is 34.0 Å². The predicted octanol–water partition coefficient (Wildman–Crippen LogP) is 5.22. The van der Waals surface area contributed by atoms with Gasteiger partial charge in [-0.05, 0) is 36.8 Å². The van der Waals surface area contributed by atoms with Crippen LogP contribution in [0, 0.1) is 6.92 Å². The van der Waals surface area contributed by atoms with Crippen LogP contribution in [0.3, 0.4) is 0 Å². The van der Waals surface area contributed by atoms with Crippen LogP contribution in [-0.2, 0) is 6.61 Å². The molecule has 0 fully saturated rings. The zero-order valence-corrected chi connectivity index (χ0v) is 19.8. The van der Waals surface area contributed by atoms with Crippen molar-refractivity contribution in [3.8, 4) is 34.5 Å². The number of carbonyl (C=O) groups excluding carboxylic acids is 1. The van der Waals surface area contributed by atoms with E-state index in [1.807, 2.05) is 37.3 Å². The number of rotatable bonds is 8. The molecule has 1 aliphatic heterocycles. The first-order chi connectivity index (χ1) is 16.5. The zero-order chi connectivity index (χ0) is 24.2. The molecule has 0 aromatic heterocycles. The molecule has 1 aliphatic rings. The minimum atomic E-state index is -0.208. The summed E-state index contributed by atoms with van der Waals surface area (Å²) in [6.45, 7) is 2.18. The van der Waals surface area contributed by atoms with E-state index in [2.05, 4.69) is 0 Å². The Hall–Kier alpha value is -4.13. The average molecular weight is 462 g/mol. The lowest BCUT2D eigenvalue weighted by molar-refractivity contribution is 0.101. The fraction of sp³-hybridized carbons (Fsp3) is 0.222. The number of Topliss-reactive ketones (excluding diaryl/α,β-unsaturated/α-hetero) is 1. The SMILES string of the molecule is COc1cc(OC)c(OC)cc1/C=C1\Oc2cc(OCc3ccccc3OC)cc(C)c2C1=O. The van der Waals surface area contributed by atoms with Crippen molar-refractivity contribution in [2.45, 2.75) is 13.5 Å². The molecule has 0 atom stereocenters. The van der Waals surface area contributed by atoms with Crippen molar-refractivity contribution in [2.75, 3.05) is 28.4 Å². The third-order valence-electron chi connectivity index (χ3n) is 5.55. The number of para-hydroxylation sites is 1. The van der Waals surface area contributed by atoms with Gasteiger partial charge in [-0.15, -0.1) is 0 Å². The number of hydrogen-bond acceptors (Lipinski definition) is 7. The smallest absolute Gasteiger partial charge is 0.232 e. The third-order valence-corrected chi connectivity index (χ3v) is 5.55. The summed E-state index contributed by atoms with van der Waals surface area (Å²) < 4.78 is 33.5. The summed E-state index contributed by atoms with van der Waals surface area (Å²) in [5, 5.41) is 0. The Balaban J connectivity index is 1.62. The number of methoxy groups -OCH3 is 4. The number of allylic oxidation sites excluding steroid dienone is 1. The van der Waals surface area contributed by atoms with Gasteiger partial charge in [0.25, 0.3) is 0 Å². The average Bonchev–Trinajstić information content (AvgIpc) is 3.17. The molecule has 0 bridgehead atoms. The van der Waals surface area contributed by atoms with Crippen LogP contribution >= 0.6 is 0 Å². The Kier molecular flexibility index (Phi) is 6.63. The second-order valence-corrected chi connectivity index (χ2v) is 7.60. The van der Waals surface area contributed by atoms with E-state index in [-0.39, 0.29) is 11.5 Å². The molecule has 4 rings (SSSR count). The molecule has 176 valence electrons. The quantitative estimate of drug-likeness (QED) is 0.425. The third kappa shape index (κ3) is 4.37. The molecule has 1 heterocycles. The Labute approximate surface area is 198 Å². The largest absolute Gasteiger partial charge is 0.496 e. The molecule has 7 nitrogen and oxygen atoms in total. The van der Waals surface area contributed by atoms with Gasteiger partial charge >= 0.3 is 0 Å². The lowest BCUT2D eigenvalue weighted by Crippen LogP contribution is -2.01. The van der Waals surface area contributed by atoms with E-state index < -0.39 is 0 Å². The minimum Gasteiger partial charge on any atom is -0.496 e. The number of aryl methyl sites for hydroxylation is 1. The van der Waals surface area contributed by atoms with Gasteiger partial charge in [-0.1, -0.05) is 18.2 Å². The maximum atomic E-state index is 13.1. The molecule has 3 aromatic carbocycles. The second kappa shape index (κ2) is 9.79. The normalized spacial score (nSPS) is 13.3. The van der Waals surface area contributed by atoms with Crippen LogP contribution < -0.4 is 28.4 Å². The van der Waals surface area contributed by atoms with Gasteiger partial charge in [-0.3, -0.25) is 4.79 Å². The van der Waals surface area contributed by atoms with Crippen LogP contribution in [0.5, 0.6) is 34.5 Å². The molecule has 0 spiro atoms. The monoisotopic (exact) mass is 462 g/mol. The minimum absolute atomic E-state index is 0.186. The first-order valence-electron chi connectivity index (χ1n) is 10.6. The molecule has 0 saturated heterocycles. The molecule has 34 heavy (non-hydrogen) atoms. The van der Waals surface area contributed by atoms with Crippen LogP contribution in [-0.4, -0.2) is 34.2 Å². The molecule has 3 aromatic rings. The highest BCUT2D eigenvalue weighted by Crippen LogP contribution is 2.40. The maximum Gasteiger partial charge on any atom is 0.232 e. The van der Waals surface area contributed by atoms with Crippen molar-refractivity contribution in [2.24, 2.45) is 0 Å². The maximum absolute atomic E-state index is 13.1. The van der Waals surface area contributed by atoms with Crippen molar-refractivity contribution in [1.29, 1.82) is 0 Å². The molecule has 7 heteroatoms. The van der Waals surface area contributed by atoms with E-state index >= 15 is 0 Å². The Bertz CT molecular complexity index is 1260. The van der Waals surface area contributed by atoms with Crippen LogP contribution in [0.1, 0.15) is 27.0 Å². The zero-order valence-electron chi connectivity index (χ0n) is 19.8. The van der Waals surface area contributed by atoms with Crippen LogP contribution in [0.15, 0.2) is 54.3 Å². The molecule has 0 radical (unpaired) electrons. The first kappa shape index (κ1) is 23.0. The van der Waals surface area contributed by atoms with E-state index in [0.29, 0.717) is 46.5 Å².